The molecule has 1 aliphatic carbocycles. The van der Waals surface area contributed by atoms with E-state index in [-0.39, 0.29) is 17.5 Å². The number of carbonyl (C=O) groups is 1. The van der Waals surface area contributed by atoms with Crippen LogP contribution in [0.3, 0.4) is 0 Å². The molecule has 3 rings (SSSR count). The Bertz CT molecular complexity index is 690. The molecule has 2 aromatic rings. The van der Waals surface area contributed by atoms with Crippen molar-refractivity contribution in [3.63, 3.8) is 0 Å². The molecule has 1 fully saturated rings. The van der Waals surface area contributed by atoms with Crippen molar-refractivity contribution in [3.05, 3.63) is 71.3 Å². The summed E-state index contributed by atoms with van der Waals surface area (Å²) in [4.78, 5) is 12.0. The number of aliphatic hydroxyl groups is 1. The van der Waals surface area contributed by atoms with Gasteiger partial charge in [0.05, 0.1) is 0 Å². The Hall–Kier alpha value is -2.27. The van der Waals surface area contributed by atoms with Crippen LogP contribution in [-0.4, -0.2) is 17.1 Å². The number of hydrogen-bond acceptors (Lipinski definition) is 2. The molecule has 0 radical (unpaired) electrons. The minimum absolute atomic E-state index is 0.248. The first-order valence-corrected chi connectivity index (χ1v) is 7.05. The van der Waals surface area contributed by atoms with Gasteiger partial charge in [0.2, 0.25) is 0 Å². The van der Waals surface area contributed by atoms with Crippen molar-refractivity contribution in [2.24, 2.45) is 0 Å². The first-order chi connectivity index (χ1) is 10.6. The molecular formula is C17H15F2NO2. The van der Waals surface area contributed by atoms with E-state index in [2.05, 4.69) is 5.32 Å². The van der Waals surface area contributed by atoms with E-state index in [0.717, 1.165) is 6.07 Å². The number of rotatable bonds is 4. The van der Waals surface area contributed by atoms with Crippen molar-refractivity contribution in [1.29, 1.82) is 0 Å². The average Bonchev–Trinajstić information content (AvgIpc) is 3.29. The molecule has 0 saturated heterocycles. The molecule has 0 spiro atoms. The largest absolute Gasteiger partial charge is 0.378 e. The summed E-state index contributed by atoms with van der Waals surface area (Å²) in [6.45, 7) is 0. The lowest BCUT2D eigenvalue weighted by atomic mass is 10.1. The van der Waals surface area contributed by atoms with Crippen molar-refractivity contribution in [3.8, 4) is 0 Å². The highest BCUT2D eigenvalue weighted by Gasteiger charge is 2.42. The average molecular weight is 303 g/mol. The van der Waals surface area contributed by atoms with Crippen LogP contribution < -0.4 is 5.32 Å². The molecule has 3 atom stereocenters. The van der Waals surface area contributed by atoms with Gasteiger partial charge < -0.3 is 10.4 Å². The highest BCUT2D eigenvalue weighted by Crippen LogP contribution is 2.42. The molecule has 0 aromatic heterocycles. The van der Waals surface area contributed by atoms with Gasteiger partial charge in [-0.15, -0.1) is 0 Å². The Morgan fingerprint density at radius 2 is 1.86 bits per heavy atom. The zero-order valence-corrected chi connectivity index (χ0v) is 11.7. The number of aliphatic hydroxyl groups excluding tert-OH is 1. The van der Waals surface area contributed by atoms with E-state index in [1.165, 1.54) is 12.1 Å². The zero-order valence-electron chi connectivity index (χ0n) is 11.7. The minimum atomic E-state index is -1.26. The first-order valence-electron chi connectivity index (χ1n) is 7.05. The van der Waals surface area contributed by atoms with Gasteiger partial charge in [0.1, 0.15) is 0 Å². The predicted molar refractivity (Wildman–Crippen MR) is 77.0 cm³/mol. The van der Waals surface area contributed by atoms with Gasteiger partial charge in [0.25, 0.3) is 5.91 Å². The summed E-state index contributed by atoms with van der Waals surface area (Å²) in [6.07, 6.45) is -0.729. The number of nitrogens with one attached hydrogen (secondary N) is 1. The summed E-state index contributed by atoms with van der Waals surface area (Å²) in [5.41, 5.74) is 0.758. The maximum absolute atomic E-state index is 13.7. The molecule has 114 valence electrons. The molecule has 2 aromatic carbocycles. The molecule has 22 heavy (non-hydrogen) atoms. The fourth-order valence-electron chi connectivity index (χ4n) is 2.55. The van der Waals surface area contributed by atoms with Crippen LogP contribution in [0.5, 0.6) is 0 Å². The number of hydrogen-bond donors (Lipinski definition) is 2. The number of carbonyl (C=O) groups excluding carboxylic acids is 1. The van der Waals surface area contributed by atoms with Crippen LogP contribution in [0.25, 0.3) is 0 Å². The monoisotopic (exact) mass is 303 g/mol. The predicted octanol–water partition coefficient (Wildman–Crippen LogP) is 2.67. The Labute approximate surface area is 126 Å². The van der Waals surface area contributed by atoms with Gasteiger partial charge in [0.15, 0.2) is 17.7 Å². The lowest BCUT2D eigenvalue weighted by Crippen LogP contribution is -2.31. The van der Waals surface area contributed by atoms with E-state index in [1.54, 1.807) is 30.3 Å². The van der Waals surface area contributed by atoms with E-state index < -0.39 is 23.6 Å². The highest BCUT2D eigenvalue weighted by atomic mass is 19.2. The molecule has 1 aliphatic rings. The molecule has 5 heteroatoms. The van der Waals surface area contributed by atoms with E-state index in [4.69, 9.17) is 0 Å². The normalized spacial score (nSPS) is 21.2. The van der Waals surface area contributed by atoms with Gasteiger partial charge in [-0.05, 0) is 23.6 Å². The standard InChI is InChI=1S/C17H15F2NO2/c18-13-8-4-7-11(15(13)19)12-9-14(12)20-17(22)16(21)10-5-2-1-3-6-10/h1-8,12,14,16,21H,9H2,(H,20,22)/t12-,14-,16+/m1/s1. The maximum Gasteiger partial charge on any atom is 0.253 e. The number of benzene rings is 2. The summed E-state index contributed by atoms with van der Waals surface area (Å²) < 4.78 is 26.9. The fourth-order valence-corrected chi connectivity index (χ4v) is 2.55. The van der Waals surface area contributed by atoms with Crippen molar-refractivity contribution < 1.29 is 18.7 Å². The minimum Gasteiger partial charge on any atom is -0.378 e. The lowest BCUT2D eigenvalue weighted by molar-refractivity contribution is -0.129. The smallest absolute Gasteiger partial charge is 0.253 e. The van der Waals surface area contributed by atoms with Crippen LogP contribution in [-0.2, 0) is 4.79 Å². The molecule has 0 bridgehead atoms. The molecule has 2 N–H and O–H groups in total. The zero-order chi connectivity index (χ0) is 15.7. The summed E-state index contributed by atoms with van der Waals surface area (Å²) in [5, 5.41) is 12.6. The SMILES string of the molecule is O=C(N[C@@H]1C[C@@H]1c1cccc(F)c1F)[C@@H](O)c1ccccc1. The Morgan fingerprint density at radius 1 is 1.14 bits per heavy atom. The first kappa shape index (κ1) is 14.7. The van der Waals surface area contributed by atoms with Crippen LogP contribution in [0.2, 0.25) is 0 Å². The van der Waals surface area contributed by atoms with Crippen LogP contribution >= 0.6 is 0 Å². The van der Waals surface area contributed by atoms with Crippen LogP contribution in [0, 0.1) is 11.6 Å². The van der Waals surface area contributed by atoms with Crippen molar-refractivity contribution in [2.45, 2.75) is 24.5 Å². The summed E-state index contributed by atoms with van der Waals surface area (Å²) in [7, 11) is 0. The van der Waals surface area contributed by atoms with Crippen LogP contribution in [0.4, 0.5) is 8.78 Å². The quantitative estimate of drug-likeness (QED) is 0.912. The van der Waals surface area contributed by atoms with Gasteiger partial charge in [0, 0.05) is 12.0 Å². The van der Waals surface area contributed by atoms with Gasteiger partial charge in [-0.2, -0.15) is 0 Å². The molecule has 1 saturated carbocycles. The third-order valence-corrected chi connectivity index (χ3v) is 3.86. The third-order valence-electron chi connectivity index (χ3n) is 3.86. The number of amides is 1. The van der Waals surface area contributed by atoms with Crippen LogP contribution in [0.1, 0.15) is 29.6 Å². The second-order valence-corrected chi connectivity index (χ2v) is 5.41. The third kappa shape index (κ3) is 2.85. The van der Waals surface area contributed by atoms with E-state index in [1.807, 2.05) is 0 Å². The Kier molecular flexibility index (Phi) is 3.90. The highest BCUT2D eigenvalue weighted by molar-refractivity contribution is 5.82. The van der Waals surface area contributed by atoms with Crippen molar-refractivity contribution in [1.82, 2.24) is 5.32 Å². The van der Waals surface area contributed by atoms with E-state index in [0.29, 0.717) is 12.0 Å². The Morgan fingerprint density at radius 3 is 2.59 bits per heavy atom. The molecule has 0 aliphatic heterocycles. The topological polar surface area (TPSA) is 49.3 Å². The van der Waals surface area contributed by atoms with Crippen molar-refractivity contribution >= 4 is 5.91 Å². The van der Waals surface area contributed by atoms with Gasteiger partial charge >= 0.3 is 0 Å². The van der Waals surface area contributed by atoms with Gasteiger partial charge in [-0.1, -0.05) is 42.5 Å². The summed E-state index contributed by atoms with van der Waals surface area (Å²) >= 11 is 0. The van der Waals surface area contributed by atoms with E-state index >= 15 is 0 Å². The second-order valence-electron chi connectivity index (χ2n) is 5.41. The molecule has 0 heterocycles. The summed E-state index contributed by atoms with van der Waals surface area (Å²) in [5.74, 6) is -2.54. The molecular weight excluding hydrogens is 288 g/mol. The maximum atomic E-state index is 13.7. The molecule has 3 nitrogen and oxygen atoms in total. The fraction of sp³-hybridized carbons (Fsp3) is 0.235. The second kappa shape index (κ2) is 5.85. The molecule has 0 unspecified atom stereocenters. The van der Waals surface area contributed by atoms with Crippen molar-refractivity contribution in [2.75, 3.05) is 0 Å². The van der Waals surface area contributed by atoms with Gasteiger partial charge in [-0.3, -0.25) is 4.79 Å². The van der Waals surface area contributed by atoms with E-state index in [9.17, 15) is 18.7 Å². The summed E-state index contributed by atoms with van der Waals surface area (Å²) in [6, 6.07) is 12.3. The Balaban J connectivity index is 1.64. The van der Waals surface area contributed by atoms with Crippen LogP contribution in [0.15, 0.2) is 48.5 Å². The lowest BCUT2D eigenvalue weighted by Gasteiger charge is -2.11. The number of halogens is 2. The molecule has 1 amide bonds. The van der Waals surface area contributed by atoms with Gasteiger partial charge in [-0.25, -0.2) is 8.78 Å².